The van der Waals surface area contributed by atoms with Gasteiger partial charge in [0.1, 0.15) is 0 Å². The van der Waals surface area contributed by atoms with Gasteiger partial charge in [0.05, 0.1) is 12.2 Å². The summed E-state index contributed by atoms with van der Waals surface area (Å²) in [5.41, 5.74) is 1.83. The Bertz CT molecular complexity index is 302. The molecule has 1 heterocycles. The van der Waals surface area contributed by atoms with E-state index in [9.17, 15) is 0 Å². The molecule has 1 aromatic heterocycles. The molecule has 14 heavy (non-hydrogen) atoms. The molecule has 1 aromatic rings. The molecule has 0 amide bonds. The van der Waals surface area contributed by atoms with Crippen LogP contribution in [0.1, 0.15) is 51.1 Å². The molecular weight excluding hydrogens is 172 g/mol. The molecule has 2 rings (SSSR count). The van der Waals surface area contributed by atoms with E-state index in [4.69, 9.17) is 0 Å². The number of rotatable bonds is 1. The van der Waals surface area contributed by atoms with Gasteiger partial charge in [0.2, 0.25) is 0 Å². The molecule has 78 valence electrons. The zero-order chi connectivity index (χ0) is 10.2. The van der Waals surface area contributed by atoms with Gasteiger partial charge < -0.3 is 0 Å². The van der Waals surface area contributed by atoms with Gasteiger partial charge in [-0.2, -0.15) is 5.10 Å². The van der Waals surface area contributed by atoms with Crippen LogP contribution in [0.3, 0.4) is 0 Å². The molecule has 0 bridgehead atoms. The van der Waals surface area contributed by atoms with Gasteiger partial charge in [-0.25, -0.2) is 0 Å². The molecule has 0 atom stereocenters. The minimum Gasteiger partial charge on any atom is -0.269 e. The Balaban J connectivity index is 2.02. The minimum atomic E-state index is 0.554. The highest BCUT2D eigenvalue weighted by atomic mass is 15.3. The smallest absolute Gasteiger partial charge is 0.0519 e. The third-order valence-corrected chi connectivity index (χ3v) is 3.41. The van der Waals surface area contributed by atoms with Gasteiger partial charge >= 0.3 is 0 Å². The Morgan fingerprint density at radius 3 is 2.50 bits per heavy atom. The topological polar surface area (TPSA) is 17.8 Å². The van der Waals surface area contributed by atoms with Crippen LogP contribution < -0.4 is 0 Å². The number of hydrogen-bond donors (Lipinski definition) is 0. The third-order valence-electron chi connectivity index (χ3n) is 3.41. The van der Waals surface area contributed by atoms with Crippen LogP contribution in [0.5, 0.6) is 0 Å². The van der Waals surface area contributed by atoms with Crippen molar-refractivity contribution >= 4 is 0 Å². The first kappa shape index (κ1) is 9.75. The van der Waals surface area contributed by atoms with Crippen LogP contribution >= 0.6 is 0 Å². The zero-order valence-electron chi connectivity index (χ0n) is 9.45. The second-order valence-corrected chi connectivity index (χ2v) is 5.39. The van der Waals surface area contributed by atoms with Crippen molar-refractivity contribution in [1.82, 2.24) is 9.78 Å². The lowest BCUT2D eigenvalue weighted by molar-refractivity contribution is 0.186. The molecule has 1 fully saturated rings. The lowest BCUT2D eigenvalue weighted by atomic mass is 9.76. The van der Waals surface area contributed by atoms with E-state index in [2.05, 4.69) is 36.7 Å². The maximum Gasteiger partial charge on any atom is 0.0519 e. The normalized spacial score (nSPS) is 22.5. The summed E-state index contributed by atoms with van der Waals surface area (Å²) >= 11 is 0. The van der Waals surface area contributed by atoms with Crippen LogP contribution in [0.4, 0.5) is 0 Å². The number of aromatic nitrogens is 2. The van der Waals surface area contributed by atoms with Crippen molar-refractivity contribution in [3.63, 3.8) is 0 Å². The summed E-state index contributed by atoms with van der Waals surface area (Å²) in [5.74, 6) is 0. The van der Waals surface area contributed by atoms with Crippen LogP contribution in [0, 0.1) is 12.3 Å². The average molecular weight is 192 g/mol. The highest BCUT2D eigenvalue weighted by Crippen LogP contribution is 2.39. The van der Waals surface area contributed by atoms with Gasteiger partial charge in [-0.05, 0) is 43.6 Å². The van der Waals surface area contributed by atoms with Crippen molar-refractivity contribution in [2.75, 3.05) is 0 Å². The van der Waals surface area contributed by atoms with Gasteiger partial charge in [0, 0.05) is 6.20 Å². The molecule has 1 aliphatic carbocycles. The Kier molecular flexibility index (Phi) is 2.38. The second-order valence-electron chi connectivity index (χ2n) is 5.39. The van der Waals surface area contributed by atoms with Gasteiger partial charge in [-0.15, -0.1) is 0 Å². The quantitative estimate of drug-likeness (QED) is 0.667. The molecule has 0 unspecified atom stereocenters. The van der Waals surface area contributed by atoms with Crippen LogP contribution in [0.25, 0.3) is 0 Å². The zero-order valence-corrected chi connectivity index (χ0v) is 9.45. The van der Waals surface area contributed by atoms with Crippen molar-refractivity contribution in [2.45, 2.75) is 52.5 Å². The second kappa shape index (κ2) is 3.41. The van der Waals surface area contributed by atoms with Gasteiger partial charge in [0.25, 0.3) is 0 Å². The van der Waals surface area contributed by atoms with Crippen LogP contribution in [-0.4, -0.2) is 9.78 Å². The van der Waals surface area contributed by atoms with Gasteiger partial charge in [-0.1, -0.05) is 13.8 Å². The van der Waals surface area contributed by atoms with Crippen molar-refractivity contribution in [3.05, 3.63) is 18.0 Å². The van der Waals surface area contributed by atoms with E-state index in [-0.39, 0.29) is 0 Å². The largest absolute Gasteiger partial charge is 0.269 e. The fraction of sp³-hybridized carbons (Fsp3) is 0.750. The van der Waals surface area contributed by atoms with E-state index >= 15 is 0 Å². The fourth-order valence-corrected chi connectivity index (χ4v) is 2.28. The summed E-state index contributed by atoms with van der Waals surface area (Å²) in [5, 5.41) is 4.40. The molecule has 0 aliphatic heterocycles. The molecule has 0 radical (unpaired) electrons. The lowest BCUT2D eigenvalue weighted by Gasteiger charge is -2.34. The van der Waals surface area contributed by atoms with E-state index in [0.29, 0.717) is 11.5 Å². The van der Waals surface area contributed by atoms with Crippen LogP contribution in [0.2, 0.25) is 0 Å². The fourth-order valence-electron chi connectivity index (χ4n) is 2.28. The van der Waals surface area contributed by atoms with E-state index in [1.165, 1.54) is 31.2 Å². The highest BCUT2D eigenvalue weighted by Gasteiger charge is 2.27. The molecule has 0 aromatic carbocycles. The summed E-state index contributed by atoms with van der Waals surface area (Å²) in [6.45, 7) is 6.85. The standard InChI is InChI=1S/C12H20N2/c1-10-8-13-14(9-10)11-4-6-12(2,3)7-5-11/h8-9,11H,4-7H2,1-3H3. The number of aryl methyl sites for hydroxylation is 1. The highest BCUT2D eigenvalue weighted by molar-refractivity contribution is 5.01. The predicted molar refractivity (Wildman–Crippen MR) is 58.3 cm³/mol. The van der Waals surface area contributed by atoms with Crippen LogP contribution in [-0.2, 0) is 0 Å². The summed E-state index contributed by atoms with van der Waals surface area (Å²) in [6, 6.07) is 0.650. The number of hydrogen-bond acceptors (Lipinski definition) is 1. The Morgan fingerprint density at radius 1 is 1.36 bits per heavy atom. The van der Waals surface area contributed by atoms with Crippen molar-refractivity contribution in [2.24, 2.45) is 5.41 Å². The molecule has 0 N–H and O–H groups in total. The van der Waals surface area contributed by atoms with Crippen molar-refractivity contribution < 1.29 is 0 Å². The molecule has 1 aliphatic rings. The SMILES string of the molecule is Cc1cnn(C2CCC(C)(C)CC2)c1. The van der Waals surface area contributed by atoms with E-state index < -0.39 is 0 Å². The molecule has 1 saturated carbocycles. The summed E-state index contributed by atoms with van der Waals surface area (Å²) in [7, 11) is 0. The average Bonchev–Trinajstić information content (AvgIpc) is 2.52. The van der Waals surface area contributed by atoms with Crippen LogP contribution in [0.15, 0.2) is 12.4 Å². The monoisotopic (exact) mass is 192 g/mol. The Morgan fingerprint density at radius 2 is 2.00 bits per heavy atom. The van der Waals surface area contributed by atoms with Crippen molar-refractivity contribution in [3.8, 4) is 0 Å². The van der Waals surface area contributed by atoms with Crippen molar-refractivity contribution in [1.29, 1.82) is 0 Å². The van der Waals surface area contributed by atoms with Gasteiger partial charge in [-0.3, -0.25) is 4.68 Å². The molecule has 0 spiro atoms. The van der Waals surface area contributed by atoms with E-state index in [0.717, 1.165) is 0 Å². The first-order valence-corrected chi connectivity index (χ1v) is 5.58. The predicted octanol–water partition coefficient (Wildman–Crippen LogP) is 3.33. The van der Waals surface area contributed by atoms with E-state index in [1.807, 2.05) is 6.20 Å². The van der Waals surface area contributed by atoms with E-state index in [1.54, 1.807) is 0 Å². The minimum absolute atomic E-state index is 0.554. The molecule has 0 saturated heterocycles. The first-order chi connectivity index (χ1) is 6.57. The molecule has 2 heteroatoms. The summed E-state index contributed by atoms with van der Waals surface area (Å²) in [4.78, 5) is 0. The summed E-state index contributed by atoms with van der Waals surface area (Å²) < 4.78 is 2.16. The maximum atomic E-state index is 4.40. The molecule has 2 nitrogen and oxygen atoms in total. The molecular formula is C12H20N2. The first-order valence-electron chi connectivity index (χ1n) is 5.58. The Hall–Kier alpha value is -0.790. The Labute approximate surface area is 86.3 Å². The third kappa shape index (κ3) is 1.99. The van der Waals surface area contributed by atoms with Gasteiger partial charge in [0.15, 0.2) is 0 Å². The maximum absolute atomic E-state index is 4.40. The lowest BCUT2D eigenvalue weighted by Crippen LogP contribution is -2.23. The summed E-state index contributed by atoms with van der Waals surface area (Å²) in [6.07, 6.45) is 9.36. The number of nitrogens with zero attached hydrogens (tertiary/aromatic N) is 2.